The van der Waals surface area contributed by atoms with E-state index in [-0.39, 0.29) is 10.8 Å². The maximum Gasteiger partial charge on any atom is 0.251 e. The summed E-state index contributed by atoms with van der Waals surface area (Å²) < 4.78 is 31.7. The van der Waals surface area contributed by atoms with E-state index in [0.29, 0.717) is 45.0 Å². The summed E-state index contributed by atoms with van der Waals surface area (Å²) in [5, 5.41) is 5.87. The van der Waals surface area contributed by atoms with Gasteiger partial charge in [0.2, 0.25) is 10.0 Å². The number of carbonyl (C=O) groups excluding carboxylic acids is 1. The van der Waals surface area contributed by atoms with E-state index >= 15 is 0 Å². The smallest absolute Gasteiger partial charge is 0.251 e. The van der Waals surface area contributed by atoms with Crippen LogP contribution < -0.4 is 10.6 Å². The predicted molar refractivity (Wildman–Crippen MR) is 86.9 cm³/mol. The van der Waals surface area contributed by atoms with Gasteiger partial charge in [-0.3, -0.25) is 4.79 Å². The van der Waals surface area contributed by atoms with Gasteiger partial charge in [0.25, 0.3) is 5.91 Å². The third kappa shape index (κ3) is 4.74. The van der Waals surface area contributed by atoms with Crippen molar-refractivity contribution in [2.75, 3.05) is 45.9 Å². The van der Waals surface area contributed by atoms with Crippen molar-refractivity contribution in [1.82, 2.24) is 14.9 Å². The molecule has 1 amide bonds. The van der Waals surface area contributed by atoms with Gasteiger partial charge in [-0.15, -0.1) is 0 Å². The quantitative estimate of drug-likeness (QED) is 0.684. The Labute approximate surface area is 137 Å². The number of hydrogen-bond donors (Lipinski definition) is 2. The van der Waals surface area contributed by atoms with Crippen molar-refractivity contribution in [3.63, 3.8) is 0 Å². The molecule has 7 nitrogen and oxygen atoms in total. The molecule has 0 aliphatic carbocycles. The summed E-state index contributed by atoms with van der Waals surface area (Å²) in [4.78, 5) is 12.2. The number of morpholine rings is 1. The number of rotatable bonds is 7. The SMILES string of the molecule is CCNCCNC(=O)c1cccc(S(=O)(=O)N2CCOCC2)c1. The molecule has 2 N–H and O–H groups in total. The fourth-order valence-electron chi connectivity index (χ4n) is 2.28. The van der Waals surface area contributed by atoms with Crippen LogP contribution in [0.4, 0.5) is 0 Å². The Balaban J connectivity index is 2.08. The summed E-state index contributed by atoms with van der Waals surface area (Å²) in [5.74, 6) is -0.276. The van der Waals surface area contributed by atoms with Gasteiger partial charge in [-0.1, -0.05) is 13.0 Å². The second kappa shape index (κ2) is 8.39. The van der Waals surface area contributed by atoms with Gasteiger partial charge in [0, 0.05) is 31.7 Å². The van der Waals surface area contributed by atoms with E-state index in [1.807, 2.05) is 6.92 Å². The van der Waals surface area contributed by atoms with Gasteiger partial charge >= 0.3 is 0 Å². The summed E-state index contributed by atoms with van der Waals surface area (Å²) in [5.41, 5.74) is 0.343. The van der Waals surface area contributed by atoms with Crippen LogP contribution in [0.1, 0.15) is 17.3 Å². The van der Waals surface area contributed by atoms with Crippen LogP contribution in [0.3, 0.4) is 0 Å². The van der Waals surface area contributed by atoms with E-state index in [4.69, 9.17) is 4.74 Å². The Kier molecular flexibility index (Phi) is 6.52. The average Bonchev–Trinajstić information content (AvgIpc) is 2.59. The maximum absolute atomic E-state index is 12.6. The Morgan fingerprint density at radius 2 is 2.00 bits per heavy atom. The first-order valence-electron chi connectivity index (χ1n) is 7.72. The Bertz CT molecular complexity index is 627. The highest BCUT2D eigenvalue weighted by Crippen LogP contribution is 2.18. The van der Waals surface area contributed by atoms with Gasteiger partial charge in [-0.25, -0.2) is 8.42 Å². The van der Waals surface area contributed by atoms with Crippen LogP contribution in [0.5, 0.6) is 0 Å². The molecule has 8 heteroatoms. The van der Waals surface area contributed by atoms with Crippen LogP contribution >= 0.6 is 0 Å². The Hall–Kier alpha value is -1.48. The number of ether oxygens (including phenoxy) is 1. The summed E-state index contributed by atoms with van der Waals surface area (Å²) >= 11 is 0. The number of benzene rings is 1. The molecule has 2 rings (SSSR count). The Morgan fingerprint density at radius 1 is 1.26 bits per heavy atom. The van der Waals surface area contributed by atoms with E-state index in [9.17, 15) is 13.2 Å². The van der Waals surface area contributed by atoms with Gasteiger partial charge in [0.1, 0.15) is 0 Å². The van der Waals surface area contributed by atoms with Crippen molar-refractivity contribution in [1.29, 1.82) is 0 Å². The van der Waals surface area contributed by atoms with E-state index in [1.54, 1.807) is 12.1 Å². The number of carbonyl (C=O) groups is 1. The highest BCUT2D eigenvalue weighted by molar-refractivity contribution is 7.89. The fourth-order valence-corrected chi connectivity index (χ4v) is 3.73. The monoisotopic (exact) mass is 341 g/mol. The Morgan fingerprint density at radius 3 is 2.70 bits per heavy atom. The van der Waals surface area contributed by atoms with Crippen LogP contribution in [0.25, 0.3) is 0 Å². The zero-order chi connectivity index (χ0) is 16.7. The molecule has 0 radical (unpaired) electrons. The standard InChI is InChI=1S/C15H23N3O4S/c1-2-16-6-7-17-15(19)13-4-3-5-14(12-13)23(20,21)18-8-10-22-11-9-18/h3-5,12,16H,2,6-11H2,1H3,(H,17,19). The molecule has 0 unspecified atom stereocenters. The molecule has 0 bridgehead atoms. The van der Waals surface area contributed by atoms with Crippen molar-refractivity contribution in [2.24, 2.45) is 0 Å². The first-order chi connectivity index (χ1) is 11.1. The van der Waals surface area contributed by atoms with E-state index in [0.717, 1.165) is 6.54 Å². The normalized spacial score (nSPS) is 16.2. The van der Waals surface area contributed by atoms with Gasteiger partial charge < -0.3 is 15.4 Å². The fraction of sp³-hybridized carbons (Fsp3) is 0.533. The number of nitrogens with zero attached hydrogens (tertiary/aromatic N) is 1. The minimum atomic E-state index is -3.59. The molecule has 1 aromatic rings. The molecular formula is C15H23N3O4S. The number of likely N-dealkylation sites (N-methyl/N-ethyl adjacent to an activating group) is 1. The first-order valence-corrected chi connectivity index (χ1v) is 9.16. The van der Waals surface area contributed by atoms with E-state index < -0.39 is 10.0 Å². The topological polar surface area (TPSA) is 87.7 Å². The lowest BCUT2D eigenvalue weighted by atomic mass is 10.2. The number of amides is 1. The molecule has 23 heavy (non-hydrogen) atoms. The molecule has 1 fully saturated rings. The van der Waals surface area contributed by atoms with Crippen LogP contribution in [-0.2, 0) is 14.8 Å². The minimum absolute atomic E-state index is 0.138. The lowest BCUT2D eigenvalue weighted by molar-refractivity contribution is 0.0730. The van der Waals surface area contributed by atoms with Gasteiger partial charge in [-0.05, 0) is 24.7 Å². The second-order valence-corrected chi connectivity index (χ2v) is 7.09. The summed E-state index contributed by atoms with van der Waals surface area (Å²) in [7, 11) is -3.59. The second-order valence-electron chi connectivity index (χ2n) is 5.15. The molecule has 1 aliphatic heterocycles. The van der Waals surface area contributed by atoms with Crippen LogP contribution in [0.15, 0.2) is 29.2 Å². The van der Waals surface area contributed by atoms with Crippen molar-refractivity contribution in [3.8, 4) is 0 Å². The number of hydrogen-bond acceptors (Lipinski definition) is 5. The highest BCUT2D eigenvalue weighted by atomic mass is 32.2. The van der Waals surface area contributed by atoms with Crippen molar-refractivity contribution in [3.05, 3.63) is 29.8 Å². The maximum atomic E-state index is 12.6. The highest BCUT2D eigenvalue weighted by Gasteiger charge is 2.26. The van der Waals surface area contributed by atoms with Crippen LogP contribution in [0, 0.1) is 0 Å². The number of nitrogens with one attached hydrogen (secondary N) is 2. The number of sulfonamides is 1. The molecule has 128 valence electrons. The summed E-state index contributed by atoms with van der Waals surface area (Å²) in [6.45, 7) is 5.45. The van der Waals surface area contributed by atoms with Crippen molar-refractivity contribution < 1.29 is 17.9 Å². The van der Waals surface area contributed by atoms with E-state index in [1.165, 1.54) is 16.4 Å². The summed E-state index contributed by atoms with van der Waals surface area (Å²) in [6.07, 6.45) is 0. The van der Waals surface area contributed by atoms with Crippen molar-refractivity contribution >= 4 is 15.9 Å². The molecule has 0 aromatic heterocycles. The van der Waals surface area contributed by atoms with Gasteiger partial charge in [-0.2, -0.15) is 4.31 Å². The van der Waals surface area contributed by atoms with Crippen LogP contribution in [0.2, 0.25) is 0 Å². The van der Waals surface area contributed by atoms with Gasteiger partial charge in [0.15, 0.2) is 0 Å². The molecule has 1 saturated heterocycles. The lowest BCUT2D eigenvalue weighted by Crippen LogP contribution is -2.40. The predicted octanol–water partition coefficient (Wildman–Crippen LogP) is 0.0468. The first kappa shape index (κ1) is 17.9. The largest absolute Gasteiger partial charge is 0.379 e. The van der Waals surface area contributed by atoms with Crippen molar-refractivity contribution in [2.45, 2.75) is 11.8 Å². The molecular weight excluding hydrogens is 318 g/mol. The van der Waals surface area contributed by atoms with Gasteiger partial charge in [0.05, 0.1) is 18.1 Å². The average molecular weight is 341 g/mol. The lowest BCUT2D eigenvalue weighted by Gasteiger charge is -2.26. The third-order valence-corrected chi connectivity index (χ3v) is 5.44. The summed E-state index contributed by atoms with van der Waals surface area (Å²) in [6, 6.07) is 6.14. The third-order valence-electron chi connectivity index (χ3n) is 3.54. The zero-order valence-corrected chi connectivity index (χ0v) is 14.1. The molecule has 1 aliphatic rings. The zero-order valence-electron chi connectivity index (χ0n) is 13.2. The molecule has 0 saturated carbocycles. The van der Waals surface area contributed by atoms with Crippen LogP contribution in [-0.4, -0.2) is 64.6 Å². The van der Waals surface area contributed by atoms with E-state index in [2.05, 4.69) is 10.6 Å². The molecule has 1 heterocycles. The molecule has 0 atom stereocenters. The molecule has 0 spiro atoms. The minimum Gasteiger partial charge on any atom is -0.379 e. The molecule has 1 aromatic carbocycles.